The first-order valence-corrected chi connectivity index (χ1v) is 7.86. The Hall–Kier alpha value is -1.80. The summed E-state index contributed by atoms with van der Waals surface area (Å²) in [5.74, 6) is -0.0640. The van der Waals surface area contributed by atoms with Crippen molar-refractivity contribution < 1.29 is 4.79 Å². The van der Waals surface area contributed by atoms with Gasteiger partial charge in [0.15, 0.2) is 0 Å². The SMILES string of the molecule is Cn1cc(C(=O)NCC2CCCN2Cc2nncs2)cn1. The van der Waals surface area contributed by atoms with Crippen LogP contribution in [0.2, 0.25) is 0 Å². The first kappa shape index (κ1) is 14.2. The molecule has 0 aromatic carbocycles. The average molecular weight is 306 g/mol. The summed E-state index contributed by atoms with van der Waals surface area (Å²) in [5.41, 5.74) is 2.36. The molecule has 0 spiro atoms. The molecule has 8 heteroatoms. The highest BCUT2D eigenvalue weighted by Crippen LogP contribution is 2.20. The molecule has 1 N–H and O–H groups in total. The van der Waals surface area contributed by atoms with Crippen molar-refractivity contribution in [3.63, 3.8) is 0 Å². The smallest absolute Gasteiger partial charge is 0.254 e. The second kappa shape index (κ2) is 6.31. The van der Waals surface area contributed by atoms with Crippen LogP contribution in [0.5, 0.6) is 0 Å². The van der Waals surface area contributed by atoms with Crippen molar-refractivity contribution in [1.82, 2.24) is 30.2 Å². The summed E-state index contributed by atoms with van der Waals surface area (Å²) in [5, 5.41) is 16.0. The third kappa shape index (κ3) is 3.45. The molecule has 0 radical (unpaired) electrons. The van der Waals surface area contributed by atoms with Gasteiger partial charge in [0.1, 0.15) is 10.5 Å². The molecule has 2 aromatic heterocycles. The van der Waals surface area contributed by atoms with Crippen LogP contribution in [-0.2, 0) is 13.6 Å². The highest BCUT2D eigenvalue weighted by Gasteiger charge is 2.25. The predicted molar refractivity (Wildman–Crippen MR) is 78.9 cm³/mol. The lowest BCUT2D eigenvalue weighted by molar-refractivity contribution is 0.0939. The van der Waals surface area contributed by atoms with E-state index in [4.69, 9.17) is 0 Å². The second-order valence-corrected chi connectivity index (χ2v) is 6.13. The Morgan fingerprint density at radius 2 is 2.48 bits per heavy atom. The second-order valence-electron chi connectivity index (χ2n) is 5.21. The zero-order valence-corrected chi connectivity index (χ0v) is 12.7. The average Bonchev–Trinajstić information content (AvgIpc) is 3.19. The fourth-order valence-electron chi connectivity index (χ4n) is 2.62. The maximum Gasteiger partial charge on any atom is 0.254 e. The van der Waals surface area contributed by atoms with Crippen molar-refractivity contribution in [2.75, 3.05) is 13.1 Å². The van der Waals surface area contributed by atoms with Crippen molar-refractivity contribution in [2.24, 2.45) is 7.05 Å². The van der Waals surface area contributed by atoms with E-state index in [2.05, 4.69) is 25.5 Å². The summed E-state index contributed by atoms with van der Waals surface area (Å²) in [6, 6.07) is 0.370. The Kier molecular flexibility index (Phi) is 4.26. The van der Waals surface area contributed by atoms with Gasteiger partial charge in [-0.05, 0) is 19.4 Å². The minimum atomic E-state index is -0.0640. The topological polar surface area (TPSA) is 75.9 Å². The monoisotopic (exact) mass is 306 g/mol. The molecule has 1 aliphatic heterocycles. The number of aryl methyl sites for hydroxylation is 1. The van der Waals surface area contributed by atoms with E-state index in [9.17, 15) is 4.79 Å². The van der Waals surface area contributed by atoms with E-state index in [0.29, 0.717) is 18.2 Å². The van der Waals surface area contributed by atoms with Crippen molar-refractivity contribution in [3.05, 3.63) is 28.5 Å². The molecule has 1 atom stereocenters. The van der Waals surface area contributed by atoms with Crippen LogP contribution in [0.1, 0.15) is 28.2 Å². The first-order chi connectivity index (χ1) is 10.2. The van der Waals surface area contributed by atoms with Gasteiger partial charge in [-0.25, -0.2) is 0 Å². The van der Waals surface area contributed by atoms with Crippen LogP contribution < -0.4 is 5.32 Å². The summed E-state index contributed by atoms with van der Waals surface area (Å²) in [6.45, 7) is 2.53. The van der Waals surface area contributed by atoms with Crippen LogP contribution >= 0.6 is 11.3 Å². The molecule has 0 aliphatic carbocycles. The van der Waals surface area contributed by atoms with Gasteiger partial charge in [-0.1, -0.05) is 0 Å². The quantitative estimate of drug-likeness (QED) is 0.878. The number of nitrogens with one attached hydrogen (secondary N) is 1. The van der Waals surface area contributed by atoms with E-state index in [1.54, 1.807) is 41.0 Å². The largest absolute Gasteiger partial charge is 0.350 e. The number of hydrogen-bond acceptors (Lipinski definition) is 6. The number of rotatable bonds is 5. The lowest BCUT2D eigenvalue weighted by Gasteiger charge is -2.23. The molecule has 7 nitrogen and oxygen atoms in total. The predicted octanol–water partition coefficient (Wildman–Crippen LogP) is 0.666. The van der Waals surface area contributed by atoms with Crippen LogP contribution in [-0.4, -0.2) is 49.9 Å². The van der Waals surface area contributed by atoms with Gasteiger partial charge in [0.05, 0.1) is 18.3 Å². The van der Waals surface area contributed by atoms with Crippen molar-refractivity contribution in [3.8, 4) is 0 Å². The molecule has 2 aromatic rings. The molecule has 1 amide bonds. The zero-order valence-electron chi connectivity index (χ0n) is 11.9. The molecule has 1 saturated heterocycles. The Labute approximate surface area is 127 Å². The molecule has 0 bridgehead atoms. The lowest BCUT2D eigenvalue weighted by atomic mass is 10.2. The number of carbonyl (C=O) groups excluding carboxylic acids is 1. The Morgan fingerprint density at radius 3 is 3.19 bits per heavy atom. The van der Waals surface area contributed by atoms with Crippen LogP contribution in [0.3, 0.4) is 0 Å². The minimum Gasteiger partial charge on any atom is -0.350 e. The number of aromatic nitrogens is 4. The highest BCUT2D eigenvalue weighted by molar-refractivity contribution is 7.09. The van der Waals surface area contributed by atoms with Crippen molar-refractivity contribution >= 4 is 17.2 Å². The van der Waals surface area contributed by atoms with E-state index in [1.165, 1.54) is 0 Å². The normalized spacial score (nSPS) is 19.0. The third-order valence-corrected chi connectivity index (χ3v) is 4.39. The Morgan fingerprint density at radius 1 is 1.57 bits per heavy atom. The van der Waals surface area contributed by atoms with E-state index >= 15 is 0 Å². The third-order valence-electron chi connectivity index (χ3n) is 3.71. The van der Waals surface area contributed by atoms with Gasteiger partial charge in [-0.15, -0.1) is 21.5 Å². The van der Waals surface area contributed by atoms with Gasteiger partial charge in [-0.2, -0.15) is 5.10 Å². The highest BCUT2D eigenvalue weighted by atomic mass is 32.1. The summed E-state index contributed by atoms with van der Waals surface area (Å²) >= 11 is 1.57. The molecular formula is C13H18N6OS. The summed E-state index contributed by atoms with van der Waals surface area (Å²) in [4.78, 5) is 14.4. The summed E-state index contributed by atoms with van der Waals surface area (Å²) in [6.07, 6.45) is 5.57. The van der Waals surface area contributed by atoms with E-state index in [0.717, 1.165) is 30.9 Å². The first-order valence-electron chi connectivity index (χ1n) is 6.98. The van der Waals surface area contributed by atoms with Gasteiger partial charge in [0, 0.05) is 25.8 Å². The minimum absolute atomic E-state index is 0.0640. The Balaban J connectivity index is 1.53. The maximum absolute atomic E-state index is 12.0. The van der Waals surface area contributed by atoms with Gasteiger partial charge < -0.3 is 5.32 Å². The van der Waals surface area contributed by atoms with Gasteiger partial charge in [0.25, 0.3) is 5.91 Å². The maximum atomic E-state index is 12.0. The van der Waals surface area contributed by atoms with Crippen LogP contribution in [0.4, 0.5) is 0 Å². The van der Waals surface area contributed by atoms with E-state index < -0.39 is 0 Å². The molecule has 1 aliphatic rings. The summed E-state index contributed by atoms with van der Waals surface area (Å²) in [7, 11) is 1.80. The fraction of sp³-hybridized carbons (Fsp3) is 0.538. The molecule has 1 unspecified atom stereocenters. The van der Waals surface area contributed by atoms with Crippen LogP contribution in [0, 0.1) is 0 Å². The van der Waals surface area contributed by atoms with E-state index in [-0.39, 0.29) is 5.91 Å². The van der Waals surface area contributed by atoms with Crippen molar-refractivity contribution in [1.29, 1.82) is 0 Å². The number of carbonyl (C=O) groups is 1. The molecule has 3 rings (SSSR count). The molecular weight excluding hydrogens is 288 g/mol. The zero-order chi connectivity index (χ0) is 14.7. The molecule has 112 valence electrons. The van der Waals surface area contributed by atoms with Crippen LogP contribution in [0.15, 0.2) is 17.9 Å². The fourth-order valence-corrected chi connectivity index (χ4v) is 3.17. The van der Waals surface area contributed by atoms with Gasteiger partial charge >= 0.3 is 0 Å². The number of hydrogen-bond donors (Lipinski definition) is 1. The molecule has 3 heterocycles. The number of nitrogens with zero attached hydrogens (tertiary/aromatic N) is 5. The lowest BCUT2D eigenvalue weighted by Crippen LogP contribution is -2.39. The molecule has 0 saturated carbocycles. The number of likely N-dealkylation sites (tertiary alicyclic amines) is 1. The van der Waals surface area contributed by atoms with Crippen LogP contribution in [0.25, 0.3) is 0 Å². The van der Waals surface area contributed by atoms with Gasteiger partial charge in [0.2, 0.25) is 0 Å². The number of amides is 1. The standard InChI is InChI=1S/C13H18N6OS/c1-18-7-10(5-16-18)13(20)14-6-11-3-2-4-19(11)8-12-17-15-9-21-12/h5,7,9,11H,2-4,6,8H2,1H3,(H,14,20). The molecule has 21 heavy (non-hydrogen) atoms. The van der Waals surface area contributed by atoms with Crippen molar-refractivity contribution in [2.45, 2.75) is 25.4 Å². The van der Waals surface area contributed by atoms with E-state index in [1.807, 2.05) is 0 Å². The molecule has 1 fully saturated rings. The summed E-state index contributed by atoms with van der Waals surface area (Å²) < 4.78 is 1.63. The Bertz CT molecular complexity index is 596. The van der Waals surface area contributed by atoms with Gasteiger partial charge in [-0.3, -0.25) is 14.4 Å².